The van der Waals surface area contributed by atoms with Gasteiger partial charge in [-0.05, 0) is 30.9 Å². The molecule has 0 radical (unpaired) electrons. The number of pyridine rings is 1. The molecule has 2 unspecified atom stereocenters. The molecule has 2 atom stereocenters. The monoisotopic (exact) mass is 238 g/mol. The van der Waals surface area contributed by atoms with Gasteiger partial charge in [0.25, 0.3) is 0 Å². The molecule has 1 aromatic rings. The number of halogens is 1. The lowest BCUT2D eigenvalue weighted by Crippen LogP contribution is -2.27. The van der Waals surface area contributed by atoms with Gasteiger partial charge < -0.3 is 5.32 Å². The largest absolute Gasteiger partial charge is 0.382 e. The van der Waals surface area contributed by atoms with Crippen molar-refractivity contribution in [1.82, 2.24) is 4.98 Å². The number of nitrogens with one attached hydrogen (secondary N) is 1. The van der Waals surface area contributed by atoms with Crippen molar-refractivity contribution >= 4 is 17.3 Å². The molecule has 88 valence electrons. The SMILES string of the molecule is CCC1CCCC(Nc2ccnc(Cl)c2)C1. The third-order valence-electron chi connectivity index (χ3n) is 3.46. The highest BCUT2D eigenvalue weighted by Gasteiger charge is 2.20. The van der Waals surface area contributed by atoms with Crippen LogP contribution in [0.2, 0.25) is 5.15 Å². The molecule has 1 N–H and O–H groups in total. The summed E-state index contributed by atoms with van der Waals surface area (Å²) in [6.07, 6.45) is 8.35. The van der Waals surface area contributed by atoms with Crippen molar-refractivity contribution < 1.29 is 0 Å². The summed E-state index contributed by atoms with van der Waals surface area (Å²) in [5.74, 6) is 0.892. The topological polar surface area (TPSA) is 24.9 Å². The Kier molecular flexibility index (Phi) is 4.05. The first-order valence-corrected chi connectivity index (χ1v) is 6.54. The third-order valence-corrected chi connectivity index (χ3v) is 3.66. The van der Waals surface area contributed by atoms with E-state index >= 15 is 0 Å². The summed E-state index contributed by atoms with van der Waals surface area (Å²) in [5, 5.41) is 4.12. The van der Waals surface area contributed by atoms with E-state index in [4.69, 9.17) is 11.6 Å². The Morgan fingerprint density at radius 2 is 2.38 bits per heavy atom. The van der Waals surface area contributed by atoms with Crippen LogP contribution >= 0.6 is 11.6 Å². The van der Waals surface area contributed by atoms with E-state index in [1.165, 1.54) is 32.1 Å². The first-order chi connectivity index (χ1) is 7.78. The molecule has 0 spiro atoms. The molecule has 2 nitrogen and oxygen atoms in total. The van der Waals surface area contributed by atoms with E-state index < -0.39 is 0 Å². The zero-order chi connectivity index (χ0) is 11.4. The summed E-state index contributed by atoms with van der Waals surface area (Å²) in [7, 11) is 0. The van der Waals surface area contributed by atoms with E-state index in [-0.39, 0.29) is 0 Å². The molecule has 1 heterocycles. The fourth-order valence-corrected chi connectivity index (χ4v) is 2.69. The first kappa shape index (κ1) is 11.7. The zero-order valence-corrected chi connectivity index (χ0v) is 10.5. The van der Waals surface area contributed by atoms with E-state index in [0.29, 0.717) is 11.2 Å². The smallest absolute Gasteiger partial charge is 0.131 e. The highest BCUT2D eigenvalue weighted by atomic mass is 35.5. The standard InChI is InChI=1S/C13H19ClN2/c1-2-10-4-3-5-11(8-10)16-12-6-7-15-13(14)9-12/h6-7,9-11H,2-5,8H2,1H3,(H,15,16). The van der Waals surface area contributed by atoms with E-state index in [2.05, 4.69) is 17.2 Å². The molecule has 1 aromatic heterocycles. The Labute approximate surface area is 102 Å². The summed E-state index contributed by atoms with van der Waals surface area (Å²) >= 11 is 5.87. The van der Waals surface area contributed by atoms with E-state index in [1.54, 1.807) is 6.20 Å². The van der Waals surface area contributed by atoms with Crippen LogP contribution < -0.4 is 5.32 Å². The van der Waals surface area contributed by atoms with Gasteiger partial charge in [0.2, 0.25) is 0 Å². The lowest BCUT2D eigenvalue weighted by molar-refractivity contribution is 0.327. The second kappa shape index (κ2) is 5.53. The van der Waals surface area contributed by atoms with Gasteiger partial charge >= 0.3 is 0 Å². The van der Waals surface area contributed by atoms with Crippen LogP contribution in [0.15, 0.2) is 18.3 Å². The molecule has 0 saturated heterocycles. The normalized spacial score (nSPS) is 25.4. The van der Waals surface area contributed by atoms with Gasteiger partial charge in [-0.1, -0.05) is 37.8 Å². The van der Waals surface area contributed by atoms with Crippen LogP contribution in [0, 0.1) is 5.92 Å². The van der Waals surface area contributed by atoms with Crippen LogP contribution in [0.4, 0.5) is 5.69 Å². The number of anilines is 1. The second-order valence-electron chi connectivity index (χ2n) is 4.65. The average Bonchev–Trinajstić information content (AvgIpc) is 2.29. The highest BCUT2D eigenvalue weighted by Crippen LogP contribution is 2.28. The summed E-state index contributed by atoms with van der Waals surface area (Å²) in [4.78, 5) is 3.99. The average molecular weight is 239 g/mol. The lowest BCUT2D eigenvalue weighted by atomic mass is 9.84. The van der Waals surface area contributed by atoms with Crippen LogP contribution in [0.3, 0.4) is 0 Å². The molecule has 0 aliphatic heterocycles. The van der Waals surface area contributed by atoms with Crippen molar-refractivity contribution in [2.24, 2.45) is 5.92 Å². The molecular weight excluding hydrogens is 220 g/mol. The van der Waals surface area contributed by atoms with Gasteiger partial charge in [-0.25, -0.2) is 4.98 Å². The van der Waals surface area contributed by atoms with Gasteiger partial charge in [-0.3, -0.25) is 0 Å². The number of hydrogen-bond donors (Lipinski definition) is 1. The predicted molar refractivity (Wildman–Crippen MR) is 68.9 cm³/mol. The number of nitrogens with zero attached hydrogens (tertiary/aromatic N) is 1. The molecule has 1 fully saturated rings. The van der Waals surface area contributed by atoms with Crippen molar-refractivity contribution in [2.45, 2.75) is 45.1 Å². The number of aromatic nitrogens is 1. The fraction of sp³-hybridized carbons (Fsp3) is 0.615. The third kappa shape index (κ3) is 3.11. The quantitative estimate of drug-likeness (QED) is 0.802. The molecule has 2 rings (SSSR count). The Morgan fingerprint density at radius 1 is 1.50 bits per heavy atom. The molecule has 0 bridgehead atoms. The van der Waals surface area contributed by atoms with Gasteiger partial charge in [0.05, 0.1) is 0 Å². The molecule has 1 saturated carbocycles. The maximum Gasteiger partial charge on any atom is 0.131 e. The van der Waals surface area contributed by atoms with Crippen LogP contribution in [0.5, 0.6) is 0 Å². The van der Waals surface area contributed by atoms with Crippen LogP contribution in [0.25, 0.3) is 0 Å². The fourth-order valence-electron chi connectivity index (χ4n) is 2.52. The van der Waals surface area contributed by atoms with Crippen LogP contribution in [-0.4, -0.2) is 11.0 Å². The van der Waals surface area contributed by atoms with E-state index in [9.17, 15) is 0 Å². The second-order valence-corrected chi connectivity index (χ2v) is 5.04. The summed E-state index contributed by atoms with van der Waals surface area (Å²) in [5.41, 5.74) is 1.10. The summed E-state index contributed by atoms with van der Waals surface area (Å²) in [6.45, 7) is 2.29. The van der Waals surface area contributed by atoms with E-state index in [1.807, 2.05) is 12.1 Å². The molecule has 0 amide bonds. The molecule has 1 aliphatic carbocycles. The minimum atomic E-state index is 0.563. The van der Waals surface area contributed by atoms with Crippen molar-refractivity contribution in [1.29, 1.82) is 0 Å². The summed E-state index contributed by atoms with van der Waals surface area (Å²) < 4.78 is 0. The van der Waals surface area contributed by atoms with Crippen LogP contribution in [-0.2, 0) is 0 Å². The minimum Gasteiger partial charge on any atom is -0.382 e. The Balaban J connectivity index is 1.94. The first-order valence-electron chi connectivity index (χ1n) is 6.16. The van der Waals surface area contributed by atoms with Gasteiger partial charge in [-0.2, -0.15) is 0 Å². The van der Waals surface area contributed by atoms with Crippen molar-refractivity contribution in [2.75, 3.05) is 5.32 Å². The molecule has 1 aliphatic rings. The number of hydrogen-bond acceptors (Lipinski definition) is 2. The van der Waals surface area contributed by atoms with Crippen molar-refractivity contribution in [3.05, 3.63) is 23.5 Å². The molecular formula is C13H19ClN2. The predicted octanol–water partition coefficient (Wildman–Crippen LogP) is 4.12. The zero-order valence-electron chi connectivity index (χ0n) is 9.75. The molecule has 0 aromatic carbocycles. The van der Waals surface area contributed by atoms with Crippen LogP contribution in [0.1, 0.15) is 39.0 Å². The van der Waals surface area contributed by atoms with E-state index in [0.717, 1.165) is 11.6 Å². The maximum absolute atomic E-state index is 5.87. The van der Waals surface area contributed by atoms with Gasteiger partial charge in [0.1, 0.15) is 5.15 Å². The van der Waals surface area contributed by atoms with Crippen molar-refractivity contribution in [3.63, 3.8) is 0 Å². The van der Waals surface area contributed by atoms with Gasteiger partial charge in [0.15, 0.2) is 0 Å². The van der Waals surface area contributed by atoms with Gasteiger partial charge in [0, 0.05) is 17.9 Å². The minimum absolute atomic E-state index is 0.563. The lowest BCUT2D eigenvalue weighted by Gasteiger charge is -2.29. The Bertz CT molecular complexity index is 340. The molecule has 16 heavy (non-hydrogen) atoms. The van der Waals surface area contributed by atoms with Gasteiger partial charge in [-0.15, -0.1) is 0 Å². The Morgan fingerprint density at radius 3 is 3.12 bits per heavy atom. The summed E-state index contributed by atoms with van der Waals surface area (Å²) in [6, 6.07) is 4.50. The van der Waals surface area contributed by atoms with Crippen molar-refractivity contribution in [3.8, 4) is 0 Å². The Hall–Kier alpha value is -0.760. The highest BCUT2D eigenvalue weighted by molar-refractivity contribution is 6.29. The maximum atomic E-state index is 5.87. The number of rotatable bonds is 3. The molecule has 3 heteroatoms.